The van der Waals surface area contributed by atoms with Crippen molar-refractivity contribution in [1.82, 2.24) is 16.0 Å². The van der Waals surface area contributed by atoms with Gasteiger partial charge in [-0.25, -0.2) is 4.79 Å². The molecule has 18 heteroatoms. The minimum atomic E-state index is -1.86. The molecule has 0 rings (SSSR count). The van der Waals surface area contributed by atoms with Crippen LogP contribution in [0.25, 0.3) is 0 Å². The summed E-state index contributed by atoms with van der Waals surface area (Å²) in [7, 11) is 0. The number of nitrogens with one attached hydrogen (secondary N) is 3. The molecule has 0 fully saturated rings. The van der Waals surface area contributed by atoms with Crippen LogP contribution in [0.15, 0.2) is 4.99 Å². The molecule has 4 atom stereocenters. The van der Waals surface area contributed by atoms with Crippen molar-refractivity contribution in [2.45, 2.75) is 62.7 Å². The third-order valence-electron chi connectivity index (χ3n) is 4.61. The lowest BCUT2D eigenvalue weighted by Gasteiger charge is -2.24. The number of hydrogen-bond donors (Lipinski definition) is 10. The van der Waals surface area contributed by atoms with E-state index in [4.69, 9.17) is 38.3 Å². The molecule has 208 valence electrons. The molecule has 0 aromatic rings. The first-order chi connectivity index (χ1) is 17.1. The lowest BCUT2D eigenvalue weighted by atomic mass is 10.1. The van der Waals surface area contributed by atoms with E-state index in [9.17, 15) is 33.6 Å². The quantitative estimate of drug-likeness (QED) is 0.0450. The van der Waals surface area contributed by atoms with Gasteiger partial charge in [0.25, 0.3) is 0 Å². The van der Waals surface area contributed by atoms with Crippen molar-refractivity contribution >= 4 is 47.5 Å². The maximum Gasteiger partial charge on any atom is 0.326 e. The zero-order valence-electron chi connectivity index (χ0n) is 19.7. The predicted molar refractivity (Wildman–Crippen MR) is 124 cm³/mol. The lowest BCUT2D eigenvalue weighted by molar-refractivity contribution is -0.147. The average molecular weight is 533 g/mol. The number of hydrogen-bond acceptors (Lipinski definition) is 9. The fourth-order valence-electron chi connectivity index (χ4n) is 2.82. The summed E-state index contributed by atoms with van der Waals surface area (Å²) in [6.45, 7) is 0.0493. The topological polar surface area (TPSA) is 333 Å². The number of nitrogens with zero attached hydrogens (tertiary/aromatic N) is 1. The second-order valence-electron chi connectivity index (χ2n) is 7.78. The smallest absolute Gasteiger partial charge is 0.326 e. The van der Waals surface area contributed by atoms with E-state index in [1.54, 1.807) is 0 Å². The monoisotopic (exact) mass is 532 g/mol. The molecule has 0 saturated carbocycles. The maximum atomic E-state index is 12.9. The van der Waals surface area contributed by atoms with Crippen LogP contribution >= 0.6 is 0 Å². The number of carboxylic acid groups (broad SMARTS) is 3. The van der Waals surface area contributed by atoms with Gasteiger partial charge in [0.1, 0.15) is 18.1 Å². The van der Waals surface area contributed by atoms with Gasteiger partial charge in [0.05, 0.1) is 18.9 Å². The van der Waals surface area contributed by atoms with E-state index < -0.39 is 91.4 Å². The first-order valence-corrected chi connectivity index (χ1v) is 10.8. The van der Waals surface area contributed by atoms with Crippen LogP contribution in [0.5, 0.6) is 0 Å². The second-order valence-corrected chi connectivity index (χ2v) is 7.78. The molecule has 0 saturated heterocycles. The van der Waals surface area contributed by atoms with Gasteiger partial charge in [-0.2, -0.15) is 0 Å². The molecule has 0 radical (unpaired) electrons. The van der Waals surface area contributed by atoms with E-state index in [1.807, 2.05) is 5.32 Å². The van der Waals surface area contributed by atoms with E-state index in [0.29, 0.717) is 0 Å². The first kappa shape index (κ1) is 32.5. The van der Waals surface area contributed by atoms with Crippen LogP contribution in [-0.4, -0.2) is 93.5 Å². The minimum absolute atomic E-state index is 0.0493. The Morgan fingerprint density at radius 3 is 1.68 bits per heavy atom. The zero-order chi connectivity index (χ0) is 28.7. The van der Waals surface area contributed by atoms with Crippen LogP contribution in [-0.2, 0) is 33.6 Å². The summed E-state index contributed by atoms with van der Waals surface area (Å²) in [6.07, 6.45) is -2.59. The molecule has 37 heavy (non-hydrogen) atoms. The Bertz CT molecular complexity index is 905. The van der Waals surface area contributed by atoms with E-state index in [-0.39, 0.29) is 25.3 Å². The van der Waals surface area contributed by atoms with Gasteiger partial charge >= 0.3 is 17.9 Å². The van der Waals surface area contributed by atoms with E-state index in [2.05, 4.69) is 15.6 Å². The molecule has 4 amide bonds. The lowest BCUT2D eigenvalue weighted by Crippen LogP contribution is -2.57. The van der Waals surface area contributed by atoms with Crippen molar-refractivity contribution in [3.05, 3.63) is 0 Å². The van der Waals surface area contributed by atoms with Gasteiger partial charge in [0.2, 0.25) is 23.6 Å². The van der Waals surface area contributed by atoms with Crippen molar-refractivity contribution in [2.24, 2.45) is 27.9 Å². The highest BCUT2D eigenvalue weighted by Gasteiger charge is 2.31. The van der Waals surface area contributed by atoms with Gasteiger partial charge in [-0.15, -0.1) is 0 Å². The summed E-state index contributed by atoms with van der Waals surface area (Å²) in [5.74, 6) is -8.74. The fraction of sp³-hybridized carbons (Fsp3) is 0.579. The third kappa shape index (κ3) is 14.5. The molecular formula is C19H32N8O10. The minimum Gasteiger partial charge on any atom is -0.481 e. The summed E-state index contributed by atoms with van der Waals surface area (Å²) < 4.78 is 0. The molecule has 14 N–H and O–H groups in total. The van der Waals surface area contributed by atoms with Gasteiger partial charge in [0, 0.05) is 13.0 Å². The molecule has 0 bridgehead atoms. The number of aliphatic carboxylic acids is 3. The van der Waals surface area contributed by atoms with Gasteiger partial charge in [-0.05, 0) is 19.3 Å². The van der Waals surface area contributed by atoms with Crippen LogP contribution in [0.1, 0.15) is 38.5 Å². The summed E-state index contributed by atoms with van der Waals surface area (Å²) in [6, 6.07) is -6.24. The van der Waals surface area contributed by atoms with Crippen molar-refractivity contribution < 1.29 is 48.9 Å². The van der Waals surface area contributed by atoms with Gasteiger partial charge in [0.15, 0.2) is 5.96 Å². The van der Waals surface area contributed by atoms with Crippen molar-refractivity contribution in [1.29, 1.82) is 0 Å². The number of carbonyl (C=O) groups excluding carboxylic acids is 4. The number of carbonyl (C=O) groups is 7. The SMILES string of the molecule is NC(=O)CC(N)C(=O)NC(CCCN=C(N)N)C(=O)NC(CCC(=O)O)C(=O)NC(CC(=O)O)C(=O)O. The average Bonchev–Trinajstić information content (AvgIpc) is 2.76. The van der Waals surface area contributed by atoms with Gasteiger partial charge in [-0.1, -0.05) is 0 Å². The molecule has 0 aliphatic carbocycles. The van der Waals surface area contributed by atoms with Crippen molar-refractivity contribution in [3.8, 4) is 0 Å². The summed E-state index contributed by atoms with van der Waals surface area (Å²) in [4.78, 5) is 85.8. The highest BCUT2D eigenvalue weighted by atomic mass is 16.4. The number of nitrogens with two attached hydrogens (primary N) is 4. The molecule has 0 spiro atoms. The maximum absolute atomic E-state index is 12.9. The standard InChI is InChI=1S/C19H32N8O10/c20-8(6-12(21)28)15(33)25-9(2-1-5-24-19(22)23)16(34)26-10(3-4-13(29)30)17(35)27-11(18(36)37)7-14(31)32/h8-11H,1-7,20H2,(H2,21,28)(H,25,33)(H,26,34)(H,27,35)(H,29,30)(H,31,32)(H,36,37)(H4,22,23,24). The number of amides is 4. The fourth-order valence-corrected chi connectivity index (χ4v) is 2.82. The highest BCUT2D eigenvalue weighted by Crippen LogP contribution is 2.05. The molecule has 0 aromatic carbocycles. The van der Waals surface area contributed by atoms with Crippen LogP contribution in [0.3, 0.4) is 0 Å². The number of guanidine groups is 1. The Balaban J connectivity index is 5.72. The molecular weight excluding hydrogens is 500 g/mol. The predicted octanol–water partition coefficient (Wildman–Crippen LogP) is -4.88. The molecule has 0 aliphatic heterocycles. The van der Waals surface area contributed by atoms with Crippen LogP contribution in [0.2, 0.25) is 0 Å². The number of rotatable bonds is 18. The number of aliphatic imine (C=N–C) groups is 1. The number of carboxylic acids is 3. The first-order valence-electron chi connectivity index (χ1n) is 10.8. The molecule has 0 aliphatic rings. The number of primary amides is 1. The second kappa shape index (κ2) is 16.2. The van der Waals surface area contributed by atoms with E-state index in [0.717, 1.165) is 0 Å². The van der Waals surface area contributed by atoms with Crippen LogP contribution in [0, 0.1) is 0 Å². The third-order valence-corrected chi connectivity index (χ3v) is 4.61. The van der Waals surface area contributed by atoms with Crippen LogP contribution in [0.4, 0.5) is 0 Å². The largest absolute Gasteiger partial charge is 0.481 e. The van der Waals surface area contributed by atoms with Gasteiger partial charge < -0.3 is 54.2 Å². The Morgan fingerprint density at radius 2 is 1.22 bits per heavy atom. The molecule has 0 aromatic heterocycles. The Labute approximate surface area is 210 Å². The summed E-state index contributed by atoms with van der Waals surface area (Å²) >= 11 is 0. The van der Waals surface area contributed by atoms with Crippen LogP contribution < -0.4 is 38.9 Å². The molecule has 4 unspecified atom stereocenters. The molecule has 0 heterocycles. The molecule has 18 nitrogen and oxygen atoms in total. The van der Waals surface area contributed by atoms with Gasteiger partial charge in [-0.3, -0.25) is 33.8 Å². The Hall–Kier alpha value is -4.48. The zero-order valence-corrected chi connectivity index (χ0v) is 19.7. The Kier molecular flexibility index (Phi) is 14.3. The Morgan fingerprint density at radius 1 is 0.703 bits per heavy atom. The van der Waals surface area contributed by atoms with E-state index >= 15 is 0 Å². The summed E-state index contributed by atoms with van der Waals surface area (Å²) in [5.41, 5.74) is 21.1. The highest BCUT2D eigenvalue weighted by molar-refractivity contribution is 5.95. The van der Waals surface area contributed by atoms with Crippen molar-refractivity contribution in [3.63, 3.8) is 0 Å². The normalized spacial score (nSPS) is 13.6. The van der Waals surface area contributed by atoms with E-state index in [1.165, 1.54) is 0 Å². The van der Waals surface area contributed by atoms with Crippen molar-refractivity contribution in [2.75, 3.05) is 6.54 Å². The summed E-state index contributed by atoms with van der Waals surface area (Å²) in [5, 5.41) is 33.4.